The van der Waals surface area contributed by atoms with Gasteiger partial charge in [0.05, 0.1) is 24.1 Å². The highest BCUT2D eigenvalue weighted by Gasteiger charge is 2.28. The van der Waals surface area contributed by atoms with Gasteiger partial charge in [0.15, 0.2) is 11.5 Å². The third-order valence-corrected chi connectivity index (χ3v) is 7.38. The molecule has 1 aliphatic heterocycles. The Kier molecular flexibility index (Phi) is 6.90. The fraction of sp³-hybridized carbons (Fsp3) is 0.381. The number of halogens is 1. The minimum atomic E-state index is -3.53. The molecule has 0 radical (unpaired) electrons. The number of benzene rings is 2. The van der Waals surface area contributed by atoms with Crippen molar-refractivity contribution in [2.75, 3.05) is 32.6 Å². The molecule has 1 saturated heterocycles. The summed E-state index contributed by atoms with van der Waals surface area (Å²) in [6.45, 7) is 3.19. The summed E-state index contributed by atoms with van der Waals surface area (Å²) in [7, 11) is -0.614. The second kappa shape index (κ2) is 9.24. The molecular formula is C21H25ClN2O5S. The first kappa shape index (κ1) is 22.4. The lowest BCUT2D eigenvalue weighted by atomic mass is 10.0. The van der Waals surface area contributed by atoms with Crippen LogP contribution >= 0.6 is 11.6 Å². The van der Waals surface area contributed by atoms with Crippen LogP contribution in [0.4, 0.5) is 5.69 Å². The number of anilines is 1. The van der Waals surface area contributed by atoms with E-state index in [1.54, 1.807) is 12.1 Å². The summed E-state index contributed by atoms with van der Waals surface area (Å²) in [4.78, 5) is 12.8. The smallest absolute Gasteiger partial charge is 0.255 e. The van der Waals surface area contributed by atoms with Gasteiger partial charge in [-0.1, -0.05) is 18.5 Å². The molecule has 0 aromatic heterocycles. The van der Waals surface area contributed by atoms with Gasteiger partial charge in [-0.15, -0.1) is 0 Å². The molecule has 2 aromatic carbocycles. The highest BCUT2D eigenvalue weighted by Crippen LogP contribution is 2.36. The molecule has 0 bridgehead atoms. The Balaban J connectivity index is 1.74. The number of sulfonamides is 1. The van der Waals surface area contributed by atoms with Crippen molar-refractivity contribution in [3.05, 3.63) is 47.0 Å². The van der Waals surface area contributed by atoms with Gasteiger partial charge in [-0.2, -0.15) is 4.31 Å². The van der Waals surface area contributed by atoms with Gasteiger partial charge in [-0.25, -0.2) is 8.42 Å². The molecule has 9 heteroatoms. The van der Waals surface area contributed by atoms with E-state index in [9.17, 15) is 13.2 Å². The summed E-state index contributed by atoms with van der Waals surface area (Å²) in [5.41, 5.74) is 0.758. The number of carbonyl (C=O) groups excluding carboxylic acids is 1. The zero-order valence-electron chi connectivity index (χ0n) is 17.1. The Morgan fingerprint density at radius 1 is 1.10 bits per heavy atom. The molecule has 0 spiro atoms. The number of amides is 1. The molecule has 7 nitrogen and oxygen atoms in total. The molecule has 0 aliphatic carbocycles. The largest absolute Gasteiger partial charge is 0.493 e. The standard InChI is InChI=1S/C21H25ClN2O5S/c1-14-8-10-24(11-9-14)30(26,27)17-6-4-16(5-7-17)23-21(25)15-12-18(22)20(29-3)19(13-15)28-2/h4-7,12-14H,8-11H2,1-3H3,(H,23,25). The van der Waals surface area contributed by atoms with Gasteiger partial charge in [-0.05, 0) is 55.2 Å². The number of ether oxygens (including phenoxy) is 2. The second-order valence-electron chi connectivity index (χ2n) is 7.26. The summed E-state index contributed by atoms with van der Waals surface area (Å²) >= 11 is 6.16. The number of rotatable bonds is 6. The molecule has 0 saturated carbocycles. The Labute approximate surface area is 182 Å². The third-order valence-electron chi connectivity index (χ3n) is 5.19. The van der Waals surface area contributed by atoms with Gasteiger partial charge < -0.3 is 14.8 Å². The van der Waals surface area contributed by atoms with Gasteiger partial charge in [-0.3, -0.25) is 4.79 Å². The van der Waals surface area contributed by atoms with Crippen LogP contribution in [0.15, 0.2) is 41.3 Å². The van der Waals surface area contributed by atoms with Crippen molar-refractivity contribution in [3.63, 3.8) is 0 Å². The van der Waals surface area contributed by atoms with E-state index in [2.05, 4.69) is 12.2 Å². The van der Waals surface area contributed by atoms with Crippen LogP contribution in [0.3, 0.4) is 0 Å². The number of methoxy groups -OCH3 is 2. The minimum Gasteiger partial charge on any atom is -0.493 e. The van der Waals surface area contributed by atoms with Gasteiger partial charge >= 0.3 is 0 Å². The van der Waals surface area contributed by atoms with E-state index in [0.717, 1.165) is 12.8 Å². The maximum absolute atomic E-state index is 12.8. The average Bonchev–Trinajstić information content (AvgIpc) is 2.73. The van der Waals surface area contributed by atoms with Crippen LogP contribution in [-0.4, -0.2) is 45.9 Å². The predicted octanol–water partition coefficient (Wildman–Crippen LogP) is 4.03. The fourth-order valence-electron chi connectivity index (χ4n) is 3.34. The van der Waals surface area contributed by atoms with E-state index < -0.39 is 15.9 Å². The van der Waals surface area contributed by atoms with E-state index in [-0.39, 0.29) is 15.5 Å². The number of nitrogens with zero attached hydrogens (tertiary/aromatic N) is 1. The van der Waals surface area contributed by atoms with Crippen molar-refractivity contribution in [2.24, 2.45) is 5.92 Å². The lowest BCUT2D eigenvalue weighted by Gasteiger charge is -2.29. The van der Waals surface area contributed by atoms with E-state index in [1.807, 2.05) is 0 Å². The van der Waals surface area contributed by atoms with Crippen LogP contribution in [0.1, 0.15) is 30.1 Å². The number of hydrogen-bond acceptors (Lipinski definition) is 5. The van der Waals surface area contributed by atoms with Crippen molar-refractivity contribution in [3.8, 4) is 11.5 Å². The van der Waals surface area contributed by atoms with Crippen molar-refractivity contribution >= 4 is 33.2 Å². The lowest BCUT2D eigenvalue weighted by Crippen LogP contribution is -2.37. The number of hydrogen-bond donors (Lipinski definition) is 1. The molecule has 2 aromatic rings. The Morgan fingerprint density at radius 3 is 2.30 bits per heavy atom. The molecule has 0 atom stereocenters. The Bertz CT molecular complexity index is 1020. The van der Waals surface area contributed by atoms with Gasteiger partial charge in [0, 0.05) is 24.3 Å². The molecule has 3 rings (SSSR count). The first-order chi connectivity index (χ1) is 14.3. The molecule has 1 fully saturated rings. The zero-order chi connectivity index (χ0) is 21.9. The highest BCUT2D eigenvalue weighted by molar-refractivity contribution is 7.89. The third kappa shape index (κ3) is 4.71. The maximum atomic E-state index is 12.8. The molecule has 1 N–H and O–H groups in total. The zero-order valence-corrected chi connectivity index (χ0v) is 18.7. The van der Waals surface area contributed by atoms with Crippen molar-refractivity contribution in [1.82, 2.24) is 4.31 Å². The quantitative estimate of drug-likeness (QED) is 0.715. The fourth-order valence-corrected chi connectivity index (χ4v) is 5.09. The first-order valence-corrected chi connectivity index (χ1v) is 11.4. The summed E-state index contributed by atoms with van der Waals surface area (Å²) in [5, 5.41) is 2.99. The van der Waals surface area contributed by atoms with Crippen LogP contribution in [0.2, 0.25) is 5.02 Å². The number of nitrogens with one attached hydrogen (secondary N) is 1. The normalized spacial score (nSPS) is 15.6. The van der Waals surface area contributed by atoms with Gasteiger partial charge in [0.25, 0.3) is 5.91 Å². The second-order valence-corrected chi connectivity index (χ2v) is 9.60. The monoisotopic (exact) mass is 452 g/mol. The first-order valence-electron chi connectivity index (χ1n) is 9.59. The van der Waals surface area contributed by atoms with Crippen LogP contribution in [-0.2, 0) is 10.0 Å². The predicted molar refractivity (Wildman–Crippen MR) is 116 cm³/mol. The van der Waals surface area contributed by atoms with E-state index in [0.29, 0.717) is 36.2 Å². The molecule has 162 valence electrons. The van der Waals surface area contributed by atoms with Crippen molar-refractivity contribution < 1.29 is 22.7 Å². The average molecular weight is 453 g/mol. The summed E-state index contributed by atoms with van der Waals surface area (Å²) in [6.07, 6.45) is 1.72. The highest BCUT2D eigenvalue weighted by atomic mass is 35.5. The molecule has 1 aliphatic rings. The number of carbonyl (C=O) groups is 1. The molecular weight excluding hydrogens is 428 g/mol. The summed E-state index contributed by atoms with van der Waals surface area (Å²) < 4.78 is 37.5. The van der Waals surface area contributed by atoms with Crippen molar-refractivity contribution in [2.45, 2.75) is 24.7 Å². The Hall–Kier alpha value is -2.29. The van der Waals surface area contributed by atoms with Crippen LogP contribution in [0.5, 0.6) is 11.5 Å². The van der Waals surface area contributed by atoms with E-state index >= 15 is 0 Å². The maximum Gasteiger partial charge on any atom is 0.255 e. The van der Waals surface area contributed by atoms with Crippen LogP contribution in [0.25, 0.3) is 0 Å². The number of piperidine rings is 1. The minimum absolute atomic E-state index is 0.212. The molecule has 1 heterocycles. The summed E-state index contributed by atoms with van der Waals surface area (Å²) in [5.74, 6) is 0.822. The van der Waals surface area contributed by atoms with Gasteiger partial charge in [0.1, 0.15) is 0 Å². The molecule has 1 amide bonds. The lowest BCUT2D eigenvalue weighted by molar-refractivity contribution is 0.102. The van der Waals surface area contributed by atoms with Crippen molar-refractivity contribution in [1.29, 1.82) is 0 Å². The van der Waals surface area contributed by atoms with Crippen LogP contribution < -0.4 is 14.8 Å². The summed E-state index contributed by atoms with van der Waals surface area (Å²) in [6, 6.07) is 9.15. The SMILES string of the molecule is COc1cc(C(=O)Nc2ccc(S(=O)(=O)N3CCC(C)CC3)cc2)cc(Cl)c1OC. The van der Waals surface area contributed by atoms with E-state index in [4.69, 9.17) is 21.1 Å². The van der Waals surface area contributed by atoms with Crippen LogP contribution in [0, 0.1) is 5.92 Å². The molecule has 0 unspecified atom stereocenters. The topological polar surface area (TPSA) is 84.9 Å². The van der Waals surface area contributed by atoms with E-state index in [1.165, 1.54) is 42.8 Å². The Morgan fingerprint density at radius 2 is 1.73 bits per heavy atom. The molecule has 30 heavy (non-hydrogen) atoms. The van der Waals surface area contributed by atoms with Gasteiger partial charge in [0.2, 0.25) is 10.0 Å².